The molecular weight excluding hydrogens is 354 g/mol. The second-order valence-electron chi connectivity index (χ2n) is 7.26. The van der Waals surface area contributed by atoms with E-state index in [2.05, 4.69) is 22.1 Å². The van der Waals surface area contributed by atoms with Crippen LogP contribution < -0.4 is 0 Å². The fourth-order valence-electron chi connectivity index (χ4n) is 3.91. The fraction of sp³-hybridized carbons (Fsp3) is 0.455. The summed E-state index contributed by atoms with van der Waals surface area (Å²) in [5, 5.41) is 0. The van der Waals surface area contributed by atoms with Gasteiger partial charge in [-0.2, -0.15) is 0 Å². The molecule has 28 heavy (non-hydrogen) atoms. The molecular formula is C22H27N3O3. The minimum Gasteiger partial charge on any atom is -0.466 e. The number of ether oxygens (including phenoxy) is 1. The summed E-state index contributed by atoms with van der Waals surface area (Å²) in [6.07, 6.45) is 8.51. The standard InChI is InChI=1S/C22H27N3O3/c1-2-28-21(27)22(11-6-10-18-8-4-3-5-9-18)12-7-15-25(17-22)20(26)19-16-23-13-14-24-19/h3-5,8-9,13-14,16H,2,6-7,10-12,15,17H2,1H3/t22-/m1/s1. The topological polar surface area (TPSA) is 72.4 Å². The summed E-state index contributed by atoms with van der Waals surface area (Å²) in [5.74, 6) is -0.371. The number of aromatic nitrogens is 2. The first-order valence-electron chi connectivity index (χ1n) is 9.91. The molecule has 6 nitrogen and oxygen atoms in total. The van der Waals surface area contributed by atoms with Gasteiger partial charge in [0.1, 0.15) is 5.69 Å². The van der Waals surface area contributed by atoms with Crippen LogP contribution in [0.15, 0.2) is 48.9 Å². The molecule has 1 aliphatic heterocycles. The van der Waals surface area contributed by atoms with Crippen molar-refractivity contribution >= 4 is 11.9 Å². The number of nitrogens with zero attached hydrogens (tertiary/aromatic N) is 3. The SMILES string of the molecule is CCOC(=O)[C@]1(CCCc2ccccc2)CCCN(C(=O)c2cnccn2)C1. The third kappa shape index (κ3) is 4.74. The normalized spacial score (nSPS) is 19.2. The van der Waals surface area contributed by atoms with E-state index in [1.165, 1.54) is 18.0 Å². The molecule has 0 N–H and O–H groups in total. The van der Waals surface area contributed by atoms with Crippen LogP contribution in [0, 0.1) is 5.41 Å². The summed E-state index contributed by atoms with van der Waals surface area (Å²) >= 11 is 0. The van der Waals surface area contributed by atoms with Gasteiger partial charge >= 0.3 is 5.97 Å². The fourth-order valence-corrected chi connectivity index (χ4v) is 3.91. The zero-order valence-corrected chi connectivity index (χ0v) is 16.3. The lowest BCUT2D eigenvalue weighted by Gasteiger charge is -2.41. The van der Waals surface area contributed by atoms with Crippen LogP contribution in [-0.4, -0.2) is 46.4 Å². The first-order chi connectivity index (χ1) is 13.6. The Labute approximate surface area is 165 Å². The third-order valence-corrected chi connectivity index (χ3v) is 5.32. The van der Waals surface area contributed by atoms with E-state index in [1.807, 2.05) is 25.1 Å². The average molecular weight is 381 g/mol. The maximum Gasteiger partial charge on any atom is 0.313 e. The Bertz CT molecular complexity index is 782. The zero-order chi connectivity index (χ0) is 19.8. The van der Waals surface area contributed by atoms with E-state index < -0.39 is 5.41 Å². The number of piperidine rings is 1. The minimum atomic E-state index is -0.652. The van der Waals surface area contributed by atoms with Crippen molar-refractivity contribution in [2.45, 2.75) is 39.0 Å². The van der Waals surface area contributed by atoms with Gasteiger partial charge in [-0.15, -0.1) is 0 Å². The lowest BCUT2D eigenvalue weighted by molar-refractivity contribution is -0.159. The first kappa shape index (κ1) is 20.0. The predicted molar refractivity (Wildman–Crippen MR) is 106 cm³/mol. The average Bonchev–Trinajstić information content (AvgIpc) is 2.75. The Balaban J connectivity index is 1.72. The van der Waals surface area contributed by atoms with Crippen LogP contribution in [0.5, 0.6) is 0 Å². The monoisotopic (exact) mass is 381 g/mol. The molecule has 1 fully saturated rings. The molecule has 1 aromatic heterocycles. The molecule has 6 heteroatoms. The van der Waals surface area contributed by atoms with E-state index in [0.29, 0.717) is 31.8 Å². The quantitative estimate of drug-likeness (QED) is 0.688. The van der Waals surface area contributed by atoms with Gasteiger partial charge in [0.05, 0.1) is 18.2 Å². The van der Waals surface area contributed by atoms with E-state index in [4.69, 9.17) is 4.74 Å². The van der Waals surface area contributed by atoms with Crippen molar-refractivity contribution in [1.82, 2.24) is 14.9 Å². The molecule has 1 amide bonds. The highest BCUT2D eigenvalue weighted by Crippen LogP contribution is 2.37. The molecule has 0 spiro atoms. The maximum absolute atomic E-state index is 12.9. The highest BCUT2D eigenvalue weighted by atomic mass is 16.5. The van der Waals surface area contributed by atoms with Gasteiger partial charge in [0.15, 0.2) is 0 Å². The highest BCUT2D eigenvalue weighted by molar-refractivity contribution is 5.92. The molecule has 1 saturated heterocycles. The number of hydrogen-bond acceptors (Lipinski definition) is 5. The van der Waals surface area contributed by atoms with E-state index in [0.717, 1.165) is 25.7 Å². The summed E-state index contributed by atoms with van der Waals surface area (Å²) in [5.41, 5.74) is 0.914. The molecule has 2 heterocycles. The van der Waals surface area contributed by atoms with Gasteiger partial charge in [-0.1, -0.05) is 30.3 Å². The van der Waals surface area contributed by atoms with Crippen molar-refractivity contribution in [2.75, 3.05) is 19.7 Å². The Morgan fingerprint density at radius 2 is 2.04 bits per heavy atom. The summed E-state index contributed by atoms with van der Waals surface area (Å²) in [7, 11) is 0. The molecule has 2 aromatic rings. The molecule has 1 aliphatic rings. The Hall–Kier alpha value is -2.76. The van der Waals surface area contributed by atoms with Gasteiger partial charge in [-0.05, 0) is 44.6 Å². The summed E-state index contributed by atoms with van der Waals surface area (Å²) in [6.45, 7) is 3.16. The van der Waals surface area contributed by atoms with Crippen molar-refractivity contribution < 1.29 is 14.3 Å². The summed E-state index contributed by atoms with van der Waals surface area (Å²) < 4.78 is 5.42. The Morgan fingerprint density at radius 1 is 1.21 bits per heavy atom. The second-order valence-corrected chi connectivity index (χ2v) is 7.26. The number of benzene rings is 1. The van der Waals surface area contributed by atoms with E-state index in [1.54, 1.807) is 11.1 Å². The Morgan fingerprint density at radius 3 is 2.75 bits per heavy atom. The molecule has 3 rings (SSSR count). The number of carbonyl (C=O) groups excluding carboxylic acids is 2. The van der Waals surface area contributed by atoms with Crippen molar-refractivity contribution in [1.29, 1.82) is 0 Å². The smallest absolute Gasteiger partial charge is 0.313 e. The molecule has 0 aliphatic carbocycles. The number of hydrogen-bond donors (Lipinski definition) is 0. The number of carbonyl (C=O) groups is 2. The summed E-state index contributed by atoms with van der Waals surface area (Å²) in [4.78, 5) is 35.5. The van der Waals surface area contributed by atoms with Crippen LogP contribution in [0.3, 0.4) is 0 Å². The number of aryl methyl sites for hydroxylation is 1. The number of esters is 1. The van der Waals surface area contributed by atoms with Crippen molar-refractivity contribution in [3.05, 3.63) is 60.2 Å². The zero-order valence-electron chi connectivity index (χ0n) is 16.3. The van der Waals surface area contributed by atoms with Crippen LogP contribution in [0.25, 0.3) is 0 Å². The van der Waals surface area contributed by atoms with Crippen LogP contribution in [-0.2, 0) is 16.0 Å². The lowest BCUT2D eigenvalue weighted by Crippen LogP contribution is -2.50. The molecule has 1 atom stereocenters. The van der Waals surface area contributed by atoms with Crippen molar-refractivity contribution in [2.24, 2.45) is 5.41 Å². The lowest BCUT2D eigenvalue weighted by atomic mass is 9.75. The van der Waals surface area contributed by atoms with Crippen LogP contribution >= 0.6 is 0 Å². The number of amides is 1. The van der Waals surface area contributed by atoms with Gasteiger partial charge < -0.3 is 9.64 Å². The van der Waals surface area contributed by atoms with E-state index in [-0.39, 0.29) is 11.9 Å². The molecule has 0 unspecified atom stereocenters. The number of rotatable bonds is 7. The highest BCUT2D eigenvalue weighted by Gasteiger charge is 2.44. The minimum absolute atomic E-state index is 0.176. The molecule has 1 aromatic carbocycles. The number of likely N-dealkylation sites (tertiary alicyclic amines) is 1. The predicted octanol–water partition coefficient (Wildman–Crippen LogP) is 3.29. The van der Waals surface area contributed by atoms with Gasteiger partial charge in [0.2, 0.25) is 0 Å². The van der Waals surface area contributed by atoms with Crippen LogP contribution in [0.2, 0.25) is 0 Å². The van der Waals surface area contributed by atoms with E-state index in [9.17, 15) is 9.59 Å². The molecule has 148 valence electrons. The van der Waals surface area contributed by atoms with Crippen molar-refractivity contribution in [3.8, 4) is 0 Å². The van der Waals surface area contributed by atoms with Gasteiger partial charge in [-0.3, -0.25) is 14.6 Å². The van der Waals surface area contributed by atoms with Crippen LogP contribution in [0.4, 0.5) is 0 Å². The first-order valence-corrected chi connectivity index (χ1v) is 9.91. The van der Waals surface area contributed by atoms with E-state index >= 15 is 0 Å². The van der Waals surface area contributed by atoms with Crippen molar-refractivity contribution in [3.63, 3.8) is 0 Å². The van der Waals surface area contributed by atoms with Gasteiger partial charge in [0.25, 0.3) is 5.91 Å². The maximum atomic E-state index is 12.9. The molecule has 0 saturated carbocycles. The summed E-state index contributed by atoms with van der Waals surface area (Å²) in [6, 6.07) is 10.3. The molecule has 0 bridgehead atoms. The third-order valence-electron chi connectivity index (χ3n) is 5.32. The van der Waals surface area contributed by atoms with Gasteiger partial charge in [0, 0.05) is 25.5 Å². The largest absolute Gasteiger partial charge is 0.466 e. The van der Waals surface area contributed by atoms with Crippen LogP contribution in [0.1, 0.15) is 48.7 Å². The second kappa shape index (κ2) is 9.44. The van der Waals surface area contributed by atoms with Gasteiger partial charge in [-0.25, -0.2) is 4.98 Å². The molecule has 0 radical (unpaired) electrons. The Kier molecular flexibility index (Phi) is 6.74.